The van der Waals surface area contributed by atoms with Gasteiger partial charge >= 0.3 is 0 Å². The Morgan fingerprint density at radius 2 is 1.96 bits per heavy atom. The second-order valence-electron chi connectivity index (χ2n) is 5.49. The summed E-state index contributed by atoms with van der Waals surface area (Å²) in [4.78, 5) is 21.8. The number of anilines is 4. The van der Waals surface area contributed by atoms with Crippen LogP contribution in [0, 0.1) is 0 Å². The van der Waals surface area contributed by atoms with Crippen LogP contribution < -0.4 is 16.0 Å². The molecule has 6 nitrogen and oxygen atoms in total. The first-order chi connectivity index (χ1) is 11.0. The number of nitrogen functional groups attached to an aromatic ring is 1. The van der Waals surface area contributed by atoms with Crippen LogP contribution in [0.5, 0.6) is 0 Å². The number of nitrogens with two attached hydrogens (primary N) is 1. The van der Waals surface area contributed by atoms with Crippen molar-refractivity contribution < 1.29 is 4.79 Å². The topological polar surface area (TPSA) is 84.1 Å². The van der Waals surface area contributed by atoms with Crippen molar-refractivity contribution in [2.45, 2.75) is 26.7 Å². The quantitative estimate of drug-likeness (QED) is 0.763. The van der Waals surface area contributed by atoms with Gasteiger partial charge in [-0.15, -0.1) is 0 Å². The first kappa shape index (κ1) is 16.7. The van der Waals surface area contributed by atoms with E-state index in [9.17, 15) is 4.79 Å². The molecular weight excluding hydrogens is 290 g/mol. The van der Waals surface area contributed by atoms with Crippen LogP contribution in [-0.4, -0.2) is 29.3 Å². The van der Waals surface area contributed by atoms with E-state index in [4.69, 9.17) is 5.73 Å². The number of aromatic nitrogens is 2. The summed E-state index contributed by atoms with van der Waals surface area (Å²) in [6, 6.07) is 7.21. The van der Waals surface area contributed by atoms with Crippen LogP contribution >= 0.6 is 0 Å². The molecule has 23 heavy (non-hydrogen) atoms. The summed E-state index contributed by atoms with van der Waals surface area (Å²) >= 11 is 0. The van der Waals surface area contributed by atoms with Crippen molar-refractivity contribution in [2.75, 3.05) is 29.5 Å². The Bertz CT molecular complexity index is 669. The molecule has 2 aromatic rings. The van der Waals surface area contributed by atoms with Gasteiger partial charge in [-0.25, -0.2) is 9.97 Å². The lowest BCUT2D eigenvalue weighted by Gasteiger charge is -2.20. The summed E-state index contributed by atoms with van der Waals surface area (Å²) in [7, 11) is 1.97. The number of carbonyl (C=O) groups is 1. The van der Waals surface area contributed by atoms with Gasteiger partial charge in [0.1, 0.15) is 12.0 Å². The lowest BCUT2D eigenvalue weighted by atomic mass is 10.1. The molecule has 0 aliphatic heterocycles. The van der Waals surface area contributed by atoms with Crippen LogP contribution in [0.25, 0.3) is 0 Å². The summed E-state index contributed by atoms with van der Waals surface area (Å²) in [5, 5.41) is 3.18. The van der Waals surface area contributed by atoms with Crippen LogP contribution in [0.3, 0.4) is 0 Å². The minimum Gasteiger partial charge on any atom is -0.393 e. The van der Waals surface area contributed by atoms with Gasteiger partial charge in [-0.2, -0.15) is 0 Å². The normalized spacial score (nSPS) is 10.4. The number of ketones is 1. The van der Waals surface area contributed by atoms with Gasteiger partial charge in [-0.3, -0.25) is 4.79 Å². The van der Waals surface area contributed by atoms with Crippen molar-refractivity contribution in [1.29, 1.82) is 0 Å². The Morgan fingerprint density at radius 1 is 1.26 bits per heavy atom. The Labute approximate surface area is 136 Å². The van der Waals surface area contributed by atoms with Gasteiger partial charge < -0.3 is 16.0 Å². The third kappa shape index (κ3) is 4.18. The van der Waals surface area contributed by atoms with Crippen LogP contribution in [0.1, 0.15) is 37.0 Å². The summed E-state index contributed by atoms with van der Waals surface area (Å²) in [6.07, 6.45) is 3.69. The van der Waals surface area contributed by atoms with Gasteiger partial charge in [-0.05, 0) is 37.6 Å². The third-order valence-electron chi connectivity index (χ3n) is 3.63. The maximum atomic E-state index is 11.3. The fourth-order valence-electron chi connectivity index (χ4n) is 2.22. The molecule has 0 amide bonds. The fourth-order valence-corrected chi connectivity index (χ4v) is 2.22. The Balaban J connectivity index is 2.18. The van der Waals surface area contributed by atoms with E-state index in [0.717, 1.165) is 30.9 Å². The highest BCUT2D eigenvalue weighted by Gasteiger charge is 2.12. The number of carbonyl (C=O) groups excluding carboxylic acids is 1. The summed E-state index contributed by atoms with van der Waals surface area (Å²) in [5.41, 5.74) is 8.21. The monoisotopic (exact) mass is 313 g/mol. The first-order valence-corrected chi connectivity index (χ1v) is 7.72. The summed E-state index contributed by atoms with van der Waals surface area (Å²) < 4.78 is 0. The van der Waals surface area contributed by atoms with Crippen LogP contribution in [0.15, 0.2) is 30.6 Å². The van der Waals surface area contributed by atoms with E-state index in [1.54, 1.807) is 19.1 Å². The zero-order valence-electron chi connectivity index (χ0n) is 13.8. The van der Waals surface area contributed by atoms with Gasteiger partial charge in [0.15, 0.2) is 17.4 Å². The van der Waals surface area contributed by atoms with Gasteiger partial charge in [0.25, 0.3) is 0 Å². The molecule has 3 N–H and O–H groups in total. The van der Waals surface area contributed by atoms with Crippen molar-refractivity contribution in [1.82, 2.24) is 9.97 Å². The van der Waals surface area contributed by atoms with Crippen molar-refractivity contribution in [2.24, 2.45) is 0 Å². The van der Waals surface area contributed by atoms with E-state index < -0.39 is 0 Å². The predicted molar refractivity (Wildman–Crippen MR) is 94.4 cm³/mol. The van der Waals surface area contributed by atoms with Gasteiger partial charge in [0.2, 0.25) is 0 Å². The molecule has 0 radical (unpaired) electrons. The van der Waals surface area contributed by atoms with E-state index >= 15 is 0 Å². The molecule has 1 aromatic carbocycles. The Morgan fingerprint density at radius 3 is 2.57 bits per heavy atom. The van der Waals surface area contributed by atoms with E-state index in [-0.39, 0.29) is 5.78 Å². The molecule has 2 rings (SSSR count). The second kappa shape index (κ2) is 7.58. The van der Waals surface area contributed by atoms with Crippen LogP contribution in [0.2, 0.25) is 0 Å². The number of hydrogen-bond donors (Lipinski definition) is 2. The fraction of sp³-hybridized carbons (Fsp3) is 0.353. The smallest absolute Gasteiger partial charge is 0.159 e. The van der Waals surface area contributed by atoms with Crippen molar-refractivity contribution in [3.8, 4) is 0 Å². The van der Waals surface area contributed by atoms with E-state index in [1.807, 2.05) is 24.1 Å². The molecule has 0 bridgehead atoms. The summed E-state index contributed by atoms with van der Waals surface area (Å²) in [6.45, 7) is 4.59. The largest absolute Gasteiger partial charge is 0.393 e. The number of rotatable bonds is 7. The summed E-state index contributed by atoms with van der Waals surface area (Å²) in [5.74, 6) is 1.32. The number of hydrogen-bond acceptors (Lipinski definition) is 6. The number of Topliss-reactive ketones (excluding diaryl/α,β-unsaturated/α-hetero) is 1. The highest BCUT2D eigenvalue weighted by Crippen LogP contribution is 2.28. The standard InChI is InChI=1S/C17H23N5O/c1-4-5-10-22(3)17-15(18)16(19-11-20-17)21-14-8-6-13(7-9-14)12(2)23/h6-9,11H,4-5,10,18H2,1-3H3,(H,19,20,21). The predicted octanol–water partition coefficient (Wildman–Crippen LogP) is 3.24. The van der Waals surface area contributed by atoms with Crippen molar-refractivity contribution in [3.63, 3.8) is 0 Å². The molecule has 0 aliphatic carbocycles. The maximum absolute atomic E-state index is 11.3. The molecule has 122 valence electrons. The molecule has 1 heterocycles. The zero-order valence-corrected chi connectivity index (χ0v) is 13.8. The lowest BCUT2D eigenvalue weighted by Crippen LogP contribution is -2.21. The number of unbranched alkanes of at least 4 members (excludes halogenated alkanes) is 1. The molecule has 0 fully saturated rings. The molecule has 1 aromatic heterocycles. The van der Waals surface area contributed by atoms with Gasteiger partial charge in [-0.1, -0.05) is 13.3 Å². The Hall–Kier alpha value is -2.63. The lowest BCUT2D eigenvalue weighted by molar-refractivity contribution is 0.101. The molecule has 0 unspecified atom stereocenters. The minimum atomic E-state index is 0.0398. The molecule has 0 saturated heterocycles. The molecule has 0 atom stereocenters. The van der Waals surface area contributed by atoms with E-state index in [1.165, 1.54) is 6.33 Å². The molecule has 0 saturated carbocycles. The van der Waals surface area contributed by atoms with E-state index in [0.29, 0.717) is 17.1 Å². The van der Waals surface area contributed by atoms with Gasteiger partial charge in [0, 0.05) is 24.8 Å². The minimum absolute atomic E-state index is 0.0398. The average Bonchev–Trinajstić information content (AvgIpc) is 2.55. The molecule has 0 aliphatic rings. The SMILES string of the molecule is CCCCN(C)c1ncnc(Nc2ccc(C(C)=O)cc2)c1N. The molecule has 0 spiro atoms. The number of benzene rings is 1. The Kier molecular flexibility index (Phi) is 5.51. The second-order valence-corrected chi connectivity index (χ2v) is 5.49. The highest BCUT2D eigenvalue weighted by atomic mass is 16.1. The zero-order chi connectivity index (χ0) is 16.8. The number of nitrogens with zero attached hydrogens (tertiary/aromatic N) is 3. The maximum Gasteiger partial charge on any atom is 0.159 e. The van der Waals surface area contributed by atoms with E-state index in [2.05, 4.69) is 22.2 Å². The third-order valence-corrected chi connectivity index (χ3v) is 3.63. The molecular formula is C17H23N5O. The average molecular weight is 313 g/mol. The van der Waals surface area contributed by atoms with Crippen LogP contribution in [0.4, 0.5) is 23.0 Å². The van der Waals surface area contributed by atoms with Crippen molar-refractivity contribution >= 4 is 28.8 Å². The van der Waals surface area contributed by atoms with Crippen LogP contribution in [-0.2, 0) is 0 Å². The van der Waals surface area contributed by atoms with Gasteiger partial charge in [0.05, 0.1) is 0 Å². The van der Waals surface area contributed by atoms with Crippen molar-refractivity contribution in [3.05, 3.63) is 36.2 Å². The highest BCUT2D eigenvalue weighted by molar-refractivity contribution is 5.94. The first-order valence-electron chi connectivity index (χ1n) is 7.72. The molecule has 6 heteroatoms. The number of nitrogens with one attached hydrogen (secondary N) is 1.